The fraction of sp³-hybridized carbons (Fsp3) is 0.222. The summed E-state index contributed by atoms with van der Waals surface area (Å²) in [7, 11) is 0. The summed E-state index contributed by atoms with van der Waals surface area (Å²) >= 11 is 0. The van der Waals surface area contributed by atoms with Crippen LogP contribution in [0, 0.1) is 5.82 Å². The number of nitrogens with one attached hydrogen (secondary N) is 2. The van der Waals surface area contributed by atoms with Gasteiger partial charge >= 0.3 is 0 Å². The monoisotopic (exact) mass is 344 g/mol. The fourth-order valence-corrected chi connectivity index (χ4v) is 2.35. The third-order valence-corrected chi connectivity index (χ3v) is 3.56. The van der Waals surface area contributed by atoms with Crippen molar-refractivity contribution < 1.29 is 23.5 Å². The standard InChI is InChI=1S/C18H17FN2O4/c19-14-5-2-1-4-13(14)18(23)20-11-17(22)21-12-6-7-15-16(10-12)25-9-3-8-24-15/h1-2,4-7,10H,3,8-9,11H2,(H,20,23)(H,21,22). The minimum Gasteiger partial charge on any atom is -0.490 e. The zero-order chi connectivity index (χ0) is 17.6. The highest BCUT2D eigenvalue weighted by molar-refractivity contribution is 5.99. The smallest absolute Gasteiger partial charge is 0.254 e. The highest BCUT2D eigenvalue weighted by atomic mass is 19.1. The Balaban J connectivity index is 1.57. The van der Waals surface area contributed by atoms with Gasteiger partial charge in [0.15, 0.2) is 11.5 Å². The summed E-state index contributed by atoms with van der Waals surface area (Å²) in [6.07, 6.45) is 0.790. The zero-order valence-electron chi connectivity index (χ0n) is 13.4. The molecule has 0 unspecified atom stereocenters. The second-order valence-electron chi connectivity index (χ2n) is 5.42. The molecule has 1 aliphatic heterocycles. The maximum Gasteiger partial charge on any atom is 0.254 e. The van der Waals surface area contributed by atoms with Crippen LogP contribution in [0.25, 0.3) is 0 Å². The molecule has 2 aromatic rings. The predicted octanol–water partition coefficient (Wildman–Crippen LogP) is 2.36. The van der Waals surface area contributed by atoms with E-state index in [4.69, 9.17) is 9.47 Å². The van der Waals surface area contributed by atoms with E-state index >= 15 is 0 Å². The van der Waals surface area contributed by atoms with Gasteiger partial charge in [-0.2, -0.15) is 0 Å². The normalized spacial score (nSPS) is 12.8. The highest BCUT2D eigenvalue weighted by Gasteiger charge is 2.14. The van der Waals surface area contributed by atoms with Gasteiger partial charge in [0.05, 0.1) is 25.3 Å². The molecular weight excluding hydrogens is 327 g/mol. The van der Waals surface area contributed by atoms with Crippen LogP contribution in [0.1, 0.15) is 16.8 Å². The summed E-state index contributed by atoms with van der Waals surface area (Å²) in [6, 6.07) is 10.6. The topological polar surface area (TPSA) is 76.7 Å². The fourth-order valence-electron chi connectivity index (χ4n) is 2.35. The zero-order valence-corrected chi connectivity index (χ0v) is 13.4. The van der Waals surface area contributed by atoms with E-state index in [1.165, 1.54) is 18.2 Å². The third kappa shape index (κ3) is 4.26. The first kappa shape index (κ1) is 16.8. The third-order valence-electron chi connectivity index (χ3n) is 3.56. The van der Waals surface area contributed by atoms with Gasteiger partial charge in [-0.05, 0) is 24.3 Å². The lowest BCUT2D eigenvalue weighted by atomic mass is 10.2. The van der Waals surface area contributed by atoms with Gasteiger partial charge in [0.2, 0.25) is 5.91 Å². The van der Waals surface area contributed by atoms with E-state index in [-0.39, 0.29) is 12.1 Å². The van der Waals surface area contributed by atoms with E-state index in [0.717, 1.165) is 6.42 Å². The molecule has 0 atom stereocenters. The Morgan fingerprint density at radius 3 is 2.60 bits per heavy atom. The average Bonchev–Trinajstić information content (AvgIpc) is 2.85. The number of hydrogen-bond acceptors (Lipinski definition) is 4. The van der Waals surface area contributed by atoms with E-state index in [1.807, 2.05) is 0 Å². The van der Waals surface area contributed by atoms with Crippen LogP contribution in [-0.4, -0.2) is 31.6 Å². The lowest BCUT2D eigenvalue weighted by molar-refractivity contribution is -0.115. The van der Waals surface area contributed by atoms with Crippen molar-refractivity contribution in [3.8, 4) is 11.5 Å². The molecule has 6 nitrogen and oxygen atoms in total. The van der Waals surface area contributed by atoms with Crippen LogP contribution in [0.4, 0.5) is 10.1 Å². The number of carbonyl (C=O) groups is 2. The number of rotatable bonds is 4. The van der Waals surface area contributed by atoms with Gasteiger partial charge < -0.3 is 20.1 Å². The Kier molecular flexibility index (Phi) is 5.13. The van der Waals surface area contributed by atoms with Crippen molar-refractivity contribution in [3.63, 3.8) is 0 Å². The first-order chi connectivity index (χ1) is 12.1. The Bertz CT molecular complexity index is 794. The Hall–Kier alpha value is -3.09. The van der Waals surface area contributed by atoms with Gasteiger partial charge in [0.25, 0.3) is 5.91 Å². The minimum absolute atomic E-state index is 0.106. The average molecular weight is 344 g/mol. The van der Waals surface area contributed by atoms with Crippen molar-refractivity contribution in [1.29, 1.82) is 0 Å². The number of hydrogen-bond donors (Lipinski definition) is 2. The molecular formula is C18H17FN2O4. The largest absolute Gasteiger partial charge is 0.490 e. The van der Waals surface area contributed by atoms with Crippen molar-refractivity contribution in [2.24, 2.45) is 0 Å². The second-order valence-corrected chi connectivity index (χ2v) is 5.42. The Morgan fingerprint density at radius 1 is 1.04 bits per heavy atom. The van der Waals surface area contributed by atoms with E-state index in [1.54, 1.807) is 24.3 Å². The van der Waals surface area contributed by atoms with Crippen LogP contribution in [0.5, 0.6) is 11.5 Å². The summed E-state index contributed by atoms with van der Waals surface area (Å²) in [5.74, 6) is -0.525. The van der Waals surface area contributed by atoms with Crippen LogP contribution < -0.4 is 20.1 Å². The number of fused-ring (bicyclic) bond motifs is 1. The molecule has 1 heterocycles. The number of carbonyl (C=O) groups excluding carboxylic acids is 2. The highest BCUT2D eigenvalue weighted by Crippen LogP contribution is 2.32. The summed E-state index contributed by atoms with van der Waals surface area (Å²) in [4.78, 5) is 23.9. The van der Waals surface area contributed by atoms with Crippen molar-refractivity contribution in [2.45, 2.75) is 6.42 Å². The number of ether oxygens (including phenoxy) is 2. The number of anilines is 1. The molecule has 0 spiro atoms. The van der Waals surface area contributed by atoms with Crippen LogP contribution >= 0.6 is 0 Å². The molecule has 2 N–H and O–H groups in total. The minimum atomic E-state index is -0.646. The molecule has 25 heavy (non-hydrogen) atoms. The first-order valence-corrected chi connectivity index (χ1v) is 7.86. The van der Waals surface area contributed by atoms with Crippen molar-refractivity contribution in [3.05, 3.63) is 53.8 Å². The van der Waals surface area contributed by atoms with Gasteiger partial charge in [-0.3, -0.25) is 9.59 Å². The quantitative estimate of drug-likeness (QED) is 0.893. The molecule has 0 bridgehead atoms. The maximum atomic E-state index is 13.5. The molecule has 130 valence electrons. The van der Waals surface area contributed by atoms with Gasteiger partial charge in [0, 0.05) is 18.2 Å². The summed E-state index contributed by atoms with van der Waals surface area (Å²) < 4.78 is 24.6. The predicted molar refractivity (Wildman–Crippen MR) is 89.4 cm³/mol. The molecule has 1 aliphatic rings. The van der Waals surface area contributed by atoms with Crippen molar-refractivity contribution in [2.75, 3.05) is 25.1 Å². The second kappa shape index (κ2) is 7.65. The number of halogens is 1. The van der Waals surface area contributed by atoms with Gasteiger partial charge in [-0.25, -0.2) is 4.39 Å². The number of benzene rings is 2. The molecule has 0 aliphatic carbocycles. The van der Waals surface area contributed by atoms with Gasteiger partial charge in [0.1, 0.15) is 5.82 Å². The van der Waals surface area contributed by atoms with Crippen molar-refractivity contribution in [1.82, 2.24) is 5.32 Å². The molecule has 7 heteroatoms. The van der Waals surface area contributed by atoms with Crippen LogP contribution in [0.2, 0.25) is 0 Å². The molecule has 0 saturated carbocycles. The van der Waals surface area contributed by atoms with E-state index in [9.17, 15) is 14.0 Å². The molecule has 0 radical (unpaired) electrons. The molecule has 0 fully saturated rings. The van der Waals surface area contributed by atoms with Gasteiger partial charge in [-0.15, -0.1) is 0 Å². The maximum absolute atomic E-state index is 13.5. The molecule has 0 saturated heterocycles. The van der Waals surface area contributed by atoms with Gasteiger partial charge in [-0.1, -0.05) is 12.1 Å². The van der Waals surface area contributed by atoms with E-state index in [2.05, 4.69) is 10.6 Å². The Morgan fingerprint density at radius 2 is 1.80 bits per heavy atom. The summed E-state index contributed by atoms with van der Waals surface area (Å²) in [5, 5.41) is 5.04. The van der Waals surface area contributed by atoms with Crippen LogP contribution in [0.3, 0.4) is 0 Å². The lowest BCUT2D eigenvalue weighted by Gasteiger charge is -2.11. The summed E-state index contributed by atoms with van der Waals surface area (Å²) in [5.41, 5.74) is 0.417. The number of amides is 2. The summed E-state index contributed by atoms with van der Waals surface area (Å²) in [6.45, 7) is 0.853. The van der Waals surface area contributed by atoms with Crippen LogP contribution in [-0.2, 0) is 4.79 Å². The lowest BCUT2D eigenvalue weighted by Crippen LogP contribution is -2.33. The first-order valence-electron chi connectivity index (χ1n) is 7.86. The molecule has 2 aromatic carbocycles. The van der Waals surface area contributed by atoms with Crippen LogP contribution in [0.15, 0.2) is 42.5 Å². The molecule has 0 aromatic heterocycles. The van der Waals surface area contributed by atoms with Crippen molar-refractivity contribution >= 4 is 17.5 Å². The molecule has 3 rings (SSSR count). The SMILES string of the molecule is O=C(CNC(=O)c1ccccc1F)Nc1ccc2c(c1)OCCCO2. The molecule has 2 amide bonds. The Labute approximate surface area is 143 Å². The van der Waals surface area contributed by atoms with E-state index in [0.29, 0.717) is 30.4 Å². The van der Waals surface area contributed by atoms with E-state index < -0.39 is 17.6 Å².